The number of nitrogens with zero attached hydrogens (tertiary/aromatic N) is 4. The summed E-state index contributed by atoms with van der Waals surface area (Å²) in [5, 5.41) is 4.32. The van der Waals surface area contributed by atoms with Gasteiger partial charge in [0.2, 0.25) is 5.91 Å². The fraction of sp³-hybridized carbons (Fsp3) is 0.346. The Morgan fingerprint density at radius 1 is 1.11 bits per heavy atom. The minimum Gasteiger partial charge on any atom is -0.494 e. The van der Waals surface area contributed by atoms with Crippen molar-refractivity contribution in [3.8, 4) is 28.5 Å². The summed E-state index contributed by atoms with van der Waals surface area (Å²) in [6, 6.07) is 10.9. The molecule has 1 amide bonds. The average molecular weight is 501 g/mol. The first-order valence-corrected chi connectivity index (χ1v) is 11.8. The molecule has 0 spiro atoms. The fourth-order valence-corrected chi connectivity index (χ4v) is 3.98. The maximum Gasteiger partial charge on any atom is 0.433 e. The van der Waals surface area contributed by atoms with Crippen LogP contribution in [0.15, 0.2) is 53.1 Å². The van der Waals surface area contributed by atoms with Crippen molar-refractivity contribution in [3.63, 3.8) is 0 Å². The molecule has 7 nitrogen and oxygen atoms in total. The van der Waals surface area contributed by atoms with Gasteiger partial charge in [0, 0.05) is 24.2 Å². The zero-order valence-corrected chi connectivity index (χ0v) is 20.3. The normalized spacial score (nSPS) is 11.7. The third-order valence-electron chi connectivity index (χ3n) is 5.79. The summed E-state index contributed by atoms with van der Waals surface area (Å²) in [5.41, 5.74) is 0.0771. The highest BCUT2D eigenvalue weighted by atomic mass is 19.4. The van der Waals surface area contributed by atoms with Crippen molar-refractivity contribution in [2.75, 3.05) is 19.7 Å². The number of amides is 1. The van der Waals surface area contributed by atoms with Gasteiger partial charge in [-0.3, -0.25) is 4.79 Å². The van der Waals surface area contributed by atoms with Gasteiger partial charge in [-0.2, -0.15) is 18.3 Å². The molecule has 0 aliphatic rings. The Bertz CT molecular complexity index is 1330. The van der Waals surface area contributed by atoms with Gasteiger partial charge in [-0.15, -0.1) is 0 Å². The van der Waals surface area contributed by atoms with E-state index in [1.165, 1.54) is 12.3 Å². The first kappa shape index (κ1) is 25.3. The SMILES string of the molecule is CCCOc1ccc(-c2nn3c(C(F)(F)F)cc(-c4ccco4)nc3c2CC(=O)N(CC)CC)cc1. The van der Waals surface area contributed by atoms with Crippen molar-refractivity contribution in [2.45, 2.75) is 39.8 Å². The second-order valence-corrected chi connectivity index (χ2v) is 8.18. The van der Waals surface area contributed by atoms with Gasteiger partial charge >= 0.3 is 6.18 Å². The minimum atomic E-state index is -4.72. The van der Waals surface area contributed by atoms with Gasteiger partial charge in [-0.05, 0) is 62.7 Å². The van der Waals surface area contributed by atoms with Crippen molar-refractivity contribution in [1.29, 1.82) is 0 Å². The predicted octanol–water partition coefficient (Wildman–Crippen LogP) is 5.87. The summed E-state index contributed by atoms with van der Waals surface area (Å²) in [6.45, 7) is 7.20. The highest BCUT2D eigenvalue weighted by Gasteiger charge is 2.37. The number of likely N-dealkylation sites (N-methyl/N-ethyl adjacent to an activating group) is 1. The topological polar surface area (TPSA) is 72.9 Å². The van der Waals surface area contributed by atoms with Crippen LogP contribution in [0.4, 0.5) is 13.2 Å². The van der Waals surface area contributed by atoms with Crippen LogP contribution >= 0.6 is 0 Å². The monoisotopic (exact) mass is 500 g/mol. The Kier molecular flexibility index (Phi) is 7.32. The van der Waals surface area contributed by atoms with Crippen LogP contribution in [-0.4, -0.2) is 45.1 Å². The molecule has 10 heteroatoms. The van der Waals surface area contributed by atoms with Crippen LogP contribution in [0.1, 0.15) is 38.4 Å². The first-order chi connectivity index (χ1) is 17.3. The van der Waals surface area contributed by atoms with Gasteiger partial charge in [0.25, 0.3) is 0 Å². The van der Waals surface area contributed by atoms with Gasteiger partial charge < -0.3 is 14.1 Å². The quantitative estimate of drug-likeness (QED) is 0.287. The van der Waals surface area contributed by atoms with E-state index in [-0.39, 0.29) is 35.1 Å². The number of hydrogen-bond acceptors (Lipinski definition) is 5. The molecule has 0 saturated carbocycles. The molecule has 0 saturated heterocycles. The van der Waals surface area contributed by atoms with E-state index < -0.39 is 11.9 Å². The number of aromatic nitrogens is 3. The van der Waals surface area contributed by atoms with Crippen molar-refractivity contribution in [2.24, 2.45) is 0 Å². The van der Waals surface area contributed by atoms with Crippen molar-refractivity contribution in [3.05, 3.63) is 60.0 Å². The molecule has 3 aromatic heterocycles. The molecule has 0 aliphatic carbocycles. The first-order valence-electron chi connectivity index (χ1n) is 11.8. The third kappa shape index (κ3) is 5.07. The number of ether oxygens (including phenoxy) is 1. The Labute approximate surface area is 206 Å². The molecule has 4 rings (SSSR count). The number of benzene rings is 1. The Morgan fingerprint density at radius 2 is 1.83 bits per heavy atom. The molecule has 0 fully saturated rings. The lowest BCUT2D eigenvalue weighted by molar-refractivity contribution is -0.142. The van der Waals surface area contributed by atoms with Gasteiger partial charge in [-0.25, -0.2) is 9.50 Å². The van der Waals surface area contributed by atoms with E-state index in [4.69, 9.17) is 9.15 Å². The Morgan fingerprint density at radius 3 is 2.42 bits per heavy atom. The number of halogens is 3. The number of alkyl halides is 3. The van der Waals surface area contributed by atoms with E-state index in [1.807, 2.05) is 20.8 Å². The summed E-state index contributed by atoms with van der Waals surface area (Å²) in [6.07, 6.45) is -2.66. The van der Waals surface area contributed by atoms with E-state index in [1.54, 1.807) is 35.2 Å². The molecule has 0 aliphatic heterocycles. The minimum absolute atomic E-state index is 0.00567. The Balaban J connectivity index is 1.94. The second-order valence-electron chi connectivity index (χ2n) is 8.18. The zero-order chi connectivity index (χ0) is 25.9. The molecule has 36 heavy (non-hydrogen) atoms. The molecule has 0 N–H and O–H groups in total. The van der Waals surface area contributed by atoms with Crippen LogP contribution in [0.2, 0.25) is 0 Å². The van der Waals surface area contributed by atoms with Crippen LogP contribution in [0, 0.1) is 0 Å². The molecular weight excluding hydrogens is 473 g/mol. The summed E-state index contributed by atoms with van der Waals surface area (Å²) >= 11 is 0. The summed E-state index contributed by atoms with van der Waals surface area (Å²) < 4.78 is 54.1. The lowest BCUT2D eigenvalue weighted by Gasteiger charge is -2.18. The summed E-state index contributed by atoms with van der Waals surface area (Å²) in [5.74, 6) is 0.598. The maximum atomic E-state index is 14.1. The van der Waals surface area contributed by atoms with E-state index in [0.29, 0.717) is 36.6 Å². The molecule has 4 aromatic rings. The van der Waals surface area contributed by atoms with Crippen molar-refractivity contribution >= 4 is 11.6 Å². The second kappa shape index (κ2) is 10.4. The highest BCUT2D eigenvalue weighted by Crippen LogP contribution is 2.36. The predicted molar refractivity (Wildman–Crippen MR) is 129 cm³/mol. The van der Waals surface area contributed by atoms with Crippen LogP contribution < -0.4 is 4.74 Å². The number of fused-ring (bicyclic) bond motifs is 1. The number of carbonyl (C=O) groups excluding carboxylic acids is 1. The number of hydrogen-bond donors (Lipinski definition) is 0. The number of rotatable bonds is 9. The highest BCUT2D eigenvalue weighted by molar-refractivity contribution is 5.85. The van der Waals surface area contributed by atoms with Gasteiger partial charge in [-0.1, -0.05) is 6.92 Å². The lowest BCUT2D eigenvalue weighted by Crippen LogP contribution is -2.31. The Hall–Kier alpha value is -3.82. The summed E-state index contributed by atoms with van der Waals surface area (Å²) in [7, 11) is 0. The van der Waals surface area contributed by atoms with Crippen LogP contribution in [0.3, 0.4) is 0 Å². The van der Waals surface area contributed by atoms with Crippen LogP contribution in [0.25, 0.3) is 28.4 Å². The van der Waals surface area contributed by atoms with Crippen LogP contribution in [0.5, 0.6) is 5.75 Å². The lowest BCUT2D eigenvalue weighted by atomic mass is 10.0. The van der Waals surface area contributed by atoms with Gasteiger partial charge in [0.15, 0.2) is 17.1 Å². The van der Waals surface area contributed by atoms with E-state index >= 15 is 0 Å². The molecule has 190 valence electrons. The molecule has 0 radical (unpaired) electrons. The maximum absolute atomic E-state index is 14.1. The average Bonchev–Trinajstić information content (AvgIpc) is 3.51. The van der Waals surface area contributed by atoms with Crippen molar-refractivity contribution in [1.82, 2.24) is 19.5 Å². The molecule has 0 atom stereocenters. The van der Waals surface area contributed by atoms with E-state index in [9.17, 15) is 18.0 Å². The zero-order valence-electron chi connectivity index (χ0n) is 20.3. The third-order valence-corrected chi connectivity index (χ3v) is 5.79. The molecule has 0 unspecified atom stereocenters. The molecule has 3 heterocycles. The smallest absolute Gasteiger partial charge is 0.433 e. The standard InChI is InChI=1S/C26H27F3N4O3/c1-4-13-35-18-11-9-17(10-12-18)24-19(15-23(34)32(5-2)6-3)25-30-20(21-8-7-14-36-21)16-22(26(27,28)29)33(25)31-24/h7-12,14,16H,4-6,13,15H2,1-3H3. The van der Waals surface area contributed by atoms with Gasteiger partial charge in [0.1, 0.15) is 11.4 Å². The van der Waals surface area contributed by atoms with E-state index in [0.717, 1.165) is 17.0 Å². The fourth-order valence-electron chi connectivity index (χ4n) is 3.98. The molecule has 0 bridgehead atoms. The summed E-state index contributed by atoms with van der Waals surface area (Å²) in [4.78, 5) is 19.2. The molecule has 1 aromatic carbocycles. The van der Waals surface area contributed by atoms with E-state index in [2.05, 4.69) is 10.1 Å². The van der Waals surface area contributed by atoms with Gasteiger partial charge in [0.05, 0.1) is 25.0 Å². The number of carbonyl (C=O) groups is 1. The van der Waals surface area contributed by atoms with Crippen molar-refractivity contribution < 1.29 is 27.1 Å². The largest absolute Gasteiger partial charge is 0.494 e. The molecular formula is C26H27F3N4O3. The number of furan rings is 1. The van der Waals surface area contributed by atoms with Crippen LogP contribution in [-0.2, 0) is 17.4 Å².